The quantitative estimate of drug-likeness (QED) is 0.811. The lowest BCUT2D eigenvalue weighted by molar-refractivity contribution is -0.137. The van der Waals surface area contributed by atoms with Gasteiger partial charge in [0.25, 0.3) is 0 Å². The van der Waals surface area contributed by atoms with Crippen molar-refractivity contribution in [3.63, 3.8) is 0 Å². The number of benzene rings is 2. The number of nitrogens with two attached hydrogens (primary N) is 1. The Morgan fingerprint density at radius 3 is 2.04 bits per heavy atom. The van der Waals surface area contributed by atoms with Crippen molar-refractivity contribution in [3.8, 4) is 0 Å². The molecule has 0 aliphatic heterocycles. The van der Waals surface area contributed by atoms with E-state index in [2.05, 4.69) is 0 Å². The van der Waals surface area contributed by atoms with Crippen molar-refractivity contribution >= 4 is 21.2 Å². The number of alkyl halides is 3. The number of rotatable bonds is 3. The molecule has 3 nitrogen and oxygen atoms in total. The Balaban J connectivity index is 1.84. The Hall–Kier alpha value is -2.12. The summed E-state index contributed by atoms with van der Waals surface area (Å²) in [5.41, 5.74) is 1.98. The highest BCUT2D eigenvalue weighted by Crippen LogP contribution is 2.64. The molecule has 0 heterocycles. The first-order valence-corrected chi connectivity index (χ1v) is 10.2. The molecule has 7 heteroatoms. The Morgan fingerprint density at radius 1 is 0.889 bits per heavy atom. The van der Waals surface area contributed by atoms with Crippen LogP contribution < -0.4 is 5.14 Å². The van der Waals surface area contributed by atoms with Gasteiger partial charge in [-0.15, -0.1) is 0 Å². The average molecular weight is 393 g/mol. The molecule has 2 aromatic carbocycles. The predicted octanol–water partition coefficient (Wildman–Crippen LogP) is 4.84. The third-order valence-electron chi connectivity index (χ3n) is 5.51. The van der Waals surface area contributed by atoms with E-state index in [1.807, 2.05) is 0 Å². The molecule has 1 saturated carbocycles. The third kappa shape index (κ3) is 3.41. The van der Waals surface area contributed by atoms with Gasteiger partial charge >= 0.3 is 6.18 Å². The molecule has 0 unspecified atom stereocenters. The van der Waals surface area contributed by atoms with Crippen LogP contribution in [0.3, 0.4) is 0 Å². The number of sulfonamides is 1. The molecule has 0 amide bonds. The van der Waals surface area contributed by atoms with Crippen LogP contribution in [0.2, 0.25) is 0 Å². The zero-order valence-electron chi connectivity index (χ0n) is 14.4. The summed E-state index contributed by atoms with van der Waals surface area (Å²) < 4.78 is 63.5. The number of hydrogen-bond acceptors (Lipinski definition) is 2. The Bertz CT molecular complexity index is 1030. The summed E-state index contributed by atoms with van der Waals surface area (Å²) in [5, 5.41) is 5.13. The van der Waals surface area contributed by atoms with Gasteiger partial charge in [0.2, 0.25) is 10.0 Å². The van der Waals surface area contributed by atoms with E-state index in [-0.39, 0.29) is 15.9 Å². The lowest BCUT2D eigenvalue weighted by Crippen LogP contribution is -2.11. The molecule has 2 aliphatic carbocycles. The molecule has 27 heavy (non-hydrogen) atoms. The smallest absolute Gasteiger partial charge is 0.225 e. The molecule has 1 spiro atoms. The maximum Gasteiger partial charge on any atom is 0.416 e. The minimum absolute atomic E-state index is 0.0109. The Kier molecular flexibility index (Phi) is 4.01. The van der Waals surface area contributed by atoms with Crippen LogP contribution in [-0.4, -0.2) is 8.42 Å². The van der Waals surface area contributed by atoms with E-state index < -0.39 is 21.8 Å². The van der Waals surface area contributed by atoms with Gasteiger partial charge in [0.05, 0.1) is 10.5 Å². The Labute approximate surface area is 155 Å². The van der Waals surface area contributed by atoms with Crippen LogP contribution >= 0.6 is 0 Å². The van der Waals surface area contributed by atoms with Crippen LogP contribution in [0.15, 0.2) is 53.4 Å². The monoisotopic (exact) mass is 393 g/mol. The predicted molar refractivity (Wildman–Crippen MR) is 97.0 cm³/mol. The van der Waals surface area contributed by atoms with Crippen LogP contribution in [0, 0.1) is 5.41 Å². The number of halogens is 3. The van der Waals surface area contributed by atoms with Crippen molar-refractivity contribution in [3.05, 3.63) is 65.2 Å². The fraction of sp³-hybridized carbons (Fsp3) is 0.300. The molecule has 0 saturated heterocycles. The van der Waals surface area contributed by atoms with Gasteiger partial charge in [-0.2, -0.15) is 13.2 Å². The fourth-order valence-corrected chi connectivity index (χ4v) is 4.44. The molecule has 2 N–H and O–H groups in total. The first-order valence-electron chi connectivity index (χ1n) is 8.61. The van der Waals surface area contributed by atoms with Gasteiger partial charge in [-0.05, 0) is 71.6 Å². The van der Waals surface area contributed by atoms with Crippen LogP contribution in [0.25, 0.3) is 11.1 Å². The molecule has 0 radical (unpaired) electrons. The molecular formula is C20H18F3NO2S. The second kappa shape index (κ2) is 5.94. The molecule has 1 fully saturated rings. The maximum atomic E-state index is 13.5. The summed E-state index contributed by atoms with van der Waals surface area (Å²) in [7, 11) is -3.81. The van der Waals surface area contributed by atoms with E-state index in [0.29, 0.717) is 18.4 Å². The Morgan fingerprint density at radius 2 is 1.48 bits per heavy atom. The van der Waals surface area contributed by atoms with E-state index in [1.165, 1.54) is 24.3 Å². The van der Waals surface area contributed by atoms with Gasteiger partial charge in [0.15, 0.2) is 0 Å². The summed E-state index contributed by atoms with van der Waals surface area (Å²) >= 11 is 0. The zero-order chi connectivity index (χ0) is 19.4. The average Bonchev–Trinajstić information content (AvgIpc) is 3.24. The van der Waals surface area contributed by atoms with Crippen molar-refractivity contribution in [1.82, 2.24) is 0 Å². The second-order valence-corrected chi connectivity index (χ2v) is 8.98. The summed E-state index contributed by atoms with van der Waals surface area (Å²) in [6, 6.07) is 11.7. The molecule has 0 atom stereocenters. The van der Waals surface area contributed by atoms with Crippen molar-refractivity contribution in [2.75, 3.05) is 0 Å². The topological polar surface area (TPSA) is 60.2 Å². The van der Waals surface area contributed by atoms with Crippen LogP contribution in [0.5, 0.6) is 0 Å². The van der Waals surface area contributed by atoms with Crippen LogP contribution in [0.1, 0.15) is 42.4 Å². The van der Waals surface area contributed by atoms with Gasteiger partial charge in [-0.25, -0.2) is 13.6 Å². The van der Waals surface area contributed by atoms with E-state index in [9.17, 15) is 21.6 Å². The van der Waals surface area contributed by atoms with Gasteiger partial charge in [-0.1, -0.05) is 30.3 Å². The van der Waals surface area contributed by atoms with E-state index >= 15 is 0 Å². The van der Waals surface area contributed by atoms with Crippen LogP contribution in [0.4, 0.5) is 13.2 Å². The number of hydrogen-bond donors (Lipinski definition) is 1. The highest BCUT2D eigenvalue weighted by molar-refractivity contribution is 7.89. The lowest BCUT2D eigenvalue weighted by atomic mass is 9.93. The minimum atomic E-state index is -4.43. The summed E-state index contributed by atoms with van der Waals surface area (Å²) in [6.07, 6.45) is -1.09. The highest BCUT2D eigenvalue weighted by atomic mass is 32.2. The molecule has 2 aromatic rings. The highest BCUT2D eigenvalue weighted by Gasteiger charge is 2.49. The number of allylic oxidation sites excluding steroid dienone is 2. The molecule has 2 aliphatic rings. The van der Waals surface area contributed by atoms with Crippen molar-refractivity contribution < 1.29 is 21.6 Å². The molecule has 0 bridgehead atoms. The molecule has 0 aromatic heterocycles. The fourth-order valence-electron chi connectivity index (χ4n) is 3.93. The third-order valence-corrected chi connectivity index (χ3v) is 6.44. The molecule has 4 rings (SSSR count). The maximum absolute atomic E-state index is 13.5. The van der Waals surface area contributed by atoms with Gasteiger partial charge in [-0.3, -0.25) is 0 Å². The summed E-state index contributed by atoms with van der Waals surface area (Å²) in [5.74, 6) is 0. The first kappa shape index (κ1) is 18.3. The summed E-state index contributed by atoms with van der Waals surface area (Å²) in [6.45, 7) is 0. The lowest BCUT2D eigenvalue weighted by Gasteiger charge is -2.15. The molecular weight excluding hydrogens is 375 g/mol. The minimum Gasteiger partial charge on any atom is -0.225 e. The first-order chi connectivity index (χ1) is 12.6. The van der Waals surface area contributed by atoms with E-state index in [4.69, 9.17) is 5.14 Å². The largest absolute Gasteiger partial charge is 0.416 e. The molecule has 142 valence electrons. The second-order valence-electron chi connectivity index (χ2n) is 7.42. The standard InChI is InChI=1S/C20H18F3NO2S/c21-20(22,23)18-4-2-1-3-15(18)17-12-19(9-10-19)11-16(17)13-5-7-14(8-6-13)27(24,25)26/h1-8H,9-12H2,(H2,24,25,26). The number of primary sulfonamides is 1. The van der Waals surface area contributed by atoms with Crippen molar-refractivity contribution in [1.29, 1.82) is 0 Å². The van der Waals surface area contributed by atoms with Gasteiger partial charge in [0.1, 0.15) is 0 Å². The zero-order valence-corrected chi connectivity index (χ0v) is 15.2. The van der Waals surface area contributed by atoms with Gasteiger partial charge in [0, 0.05) is 0 Å². The SMILES string of the molecule is NS(=O)(=O)c1ccc(C2=C(c3ccccc3C(F)(F)F)CC3(CC3)C2)cc1. The van der Waals surface area contributed by atoms with E-state index in [1.54, 1.807) is 18.2 Å². The normalized spacial score (nSPS) is 19.0. The van der Waals surface area contributed by atoms with E-state index in [0.717, 1.165) is 30.0 Å². The van der Waals surface area contributed by atoms with Gasteiger partial charge < -0.3 is 0 Å². The van der Waals surface area contributed by atoms with Crippen molar-refractivity contribution in [2.24, 2.45) is 10.6 Å². The summed E-state index contributed by atoms with van der Waals surface area (Å²) in [4.78, 5) is -0.0109. The van der Waals surface area contributed by atoms with Crippen LogP contribution in [-0.2, 0) is 16.2 Å². The van der Waals surface area contributed by atoms with Crippen molar-refractivity contribution in [2.45, 2.75) is 36.8 Å².